The van der Waals surface area contributed by atoms with Crippen LogP contribution in [0.4, 0.5) is 0 Å². The van der Waals surface area contributed by atoms with Gasteiger partial charge in [-0.3, -0.25) is 9.59 Å². The fourth-order valence-corrected chi connectivity index (χ4v) is 4.68. The molecule has 1 aromatic heterocycles. The maximum atomic E-state index is 13.3. The Morgan fingerprint density at radius 1 is 1.23 bits per heavy atom. The van der Waals surface area contributed by atoms with E-state index in [1.165, 1.54) is 0 Å². The largest absolute Gasteiger partial charge is 0.389 e. The van der Waals surface area contributed by atoms with Crippen LogP contribution in [0.5, 0.6) is 0 Å². The molecule has 0 bridgehead atoms. The second kappa shape index (κ2) is 7.83. The summed E-state index contributed by atoms with van der Waals surface area (Å²) in [5.41, 5.74) is 0.0568. The number of nitrogens with one attached hydrogen (secondary N) is 1. The number of β-amino-alcohol motifs (C(OH)–C–C–N with tert-alkyl or cyclic N) is 1. The third-order valence-electron chi connectivity index (χ3n) is 5.77. The lowest BCUT2D eigenvalue weighted by molar-refractivity contribution is -0.133. The van der Waals surface area contributed by atoms with Gasteiger partial charge in [-0.15, -0.1) is 5.10 Å². The maximum absolute atomic E-state index is 13.3. The average Bonchev–Trinajstić information content (AvgIpc) is 3.16. The number of halogens is 2. The number of aromatic nitrogens is 3. The standard InChI is InChI=1S/C20H23Cl2N5O3/c1-11(2)27-9-15(24-25-27)18(29)23-14-8-26(10-16(14)28)19(30)20(6-7-20)17-12(21)4-3-5-13(17)22/h3-5,9,11,14,16,28H,6-8,10H2,1-2H3,(H,23,29)/t14-,16-/m1/s1. The Hall–Kier alpha value is -2.16. The molecule has 2 fully saturated rings. The first kappa shape index (κ1) is 21.1. The summed E-state index contributed by atoms with van der Waals surface area (Å²) in [5, 5.41) is 21.9. The van der Waals surface area contributed by atoms with Crippen LogP contribution < -0.4 is 5.32 Å². The Kier molecular flexibility index (Phi) is 5.50. The third kappa shape index (κ3) is 3.68. The van der Waals surface area contributed by atoms with Crippen LogP contribution in [0, 0.1) is 0 Å². The number of aliphatic hydroxyl groups is 1. The maximum Gasteiger partial charge on any atom is 0.273 e. The van der Waals surface area contributed by atoms with E-state index in [2.05, 4.69) is 15.6 Å². The minimum atomic E-state index is -0.879. The molecular weight excluding hydrogens is 429 g/mol. The molecular formula is C20H23Cl2N5O3. The Morgan fingerprint density at radius 3 is 2.47 bits per heavy atom. The average molecular weight is 452 g/mol. The molecule has 30 heavy (non-hydrogen) atoms. The summed E-state index contributed by atoms with van der Waals surface area (Å²) in [5.74, 6) is -0.561. The molecule has 2 N–H and O–H groups in total. The fraction of sp³-hybridized carbons (Fsp3) is 0.500. The third-order valence-corrected chi connectivity index (χ3v) is 6.40. The molecule has 2 amide bonds. The van der Waals surface area contributed by atoms with Gasteiger partial charge < -0.3 is 15.3 Å². The first-order valence-corrected chi connectivity index (χ1v) is 10.6. The van der Waals surface area contributed by atoms with Crippen molar-refractivity contribution in [1.29, 1.82) is 0 Å². The van der Waals surface area contributed by atoms with E-state index in [4.69, 9.17) is 23.2 Å². The van der Waals surface area contributed by atoms with Crippen LogP contribution >= 0.6 is 23.2 Å². The lowest BCUT2D eigenvalue weighted by Crippen LogP contribution is -2.44. The number of carbonyl (C=O) groups excluding carboxylic acids is 2. The molecule has 2 aromatic rings. The topological polar surface area (TPSA) is 100 Å². The van der Waals surface area contributed by atoms with E-state index in [9.17, 15) is 14.7 Å². The van der Waals surface area contributed by atoms with Gasteiger partial charge in [0.2, 0.25) is 5.91 Å². The first-order chi connectivity index (χ1) is 14.2. The number of carbonyl (C=O) groups is 2. The molecule has 4 rings (SSSR count). The van der Waals surface area contributed by atoms with Gasteiger partial charge in [-0.05, 0) is 38.8 Å². The minimum Gasteiger partial charge on any atom is -0.389 e. The molecule has 2 heterocycles. The summed E-state index contributed by atoms with van der Waals surface area (Å²) in [6.45, 7) is 4.19. The predicted octanol–water partition coefficient (Wildman–Crippen LogP) is 2.20. The lowest BCUT2D eigenvalue weighted by Gasteiger charge is -2.25. The van der Waals surface area contributed by atoms with Crippen LogP contribution in [-0.4, -0.2) is 62.0 Å². The van der Waals surface area contributed by atoms with Crippen molar-refractivity contribution < 1.29 is 14.7 Å². The van der Waals surface area contributed by atoms with Crippen molar-refractivity contribution >= 4 is 35.0 Å². The van der Waals surface area contributed by atoms with Gasteiger partial charge in [0.1, 0.15) is 0 Å². The van der Waals surface area contributed by atoms with Crippen molar-refractivity contribution in [2.24, 2.45) is 0 Å². The van der Waals surface area contributed by atoms with Crippen LogP contribution in [0.3, 0.4) is 0 Å². The normalized spacial score (nSPS) is 22.4. The Morgan fingerprint density at radius 2 is 1.90 bits per heavy atom. The number of amides is 2. The summed E-state index contributed by atoms with van der Waals surface area (Å²) in [6.07, 6.45) is 1.98. The highest BCUT2D eigenvalue weighted by Gasteiger charge is 2.56. The number of likely N-dealkylation sites (tertiary alicyclic amines) is 1. The smallest absolute Gasteiger partial charge is 0.273 e. The van der Waals surface area contributed by atoms with E-state index < -0.39 is 23.5 Å². The van der Waals surface area contributed by atoms with Crippen LogP contribution in [-0.2, 0) is 10.2 Å². The molecule has 1 saturated heterocycles. The van der Waals surface area contributed by atoms with Crippen LogP contribution in [0.2, 0.25) is 10.0 Å². The quantitative estimate of drug-likeness (QED) is 0.725. The van der Waals surface area contributed by atoms with Gasteiger partial charge in [0, 0.05) is 34.7 Å². The Labute approximate surface area is 184 Å². The number of nitrogens with zero attached hydrogens (tertiary/aromatic N) is 4. The summed E-state index contributed by atoms with van der Waals surface area (Å²) < 4.78 is 1.58. The first-order valence-electron chi connectivity index (χ1n) is 9.87. The van der Waals surface area contributed by atoms with Gasteiger partial charge in [-0.2, -0.15) is 0 Å². The predicted molar refractivity (Wildman–Crippen MR) is 112 cm³/mol. The van der Waals surface area contributed by atoms with Crippen molar-refractivity contribution in [3.05, 3.63) is 45.7 Å². The molecule has 1 aliphatic carbocycles. The van der Waals surface area contributed by atoms with E-state index in [0.29, 0.717) is 28.5 Å². The number of hydrogen-bond acceptors (Lipinski definition) is 5. The molecule has 2 aliphatic rings. The summed E-state index contributed by atoms with van der Waals surface area (Å²) in [6, 6.07) is 4.68. The van der Waals surface area contributed by atoms with Crippen molar-refractivity contribution in [3.8, 4) is 0 Å². The van der Waals surface area contributed by atoms with Gasteiger partial charge in [0.05, 0.1) is 23.8 Å². The summed E-state index contributed by atoms with van der Waals surface area (Å²) in [4.78, 5) is 27.4. The van der Waals surface area contributed by atoms with Gasteiger partial charge in [0.15, 0.2) is 5.69 Å². The molecule has 0 radical (unpaired) electrons. The number of rotatable bonds is 5. The molecule has 10 heteroatoms. The summed E-state index contributed by atoms with van der Waals surface area (Å²) in [7, 11) is 0. The highest BCUT2D eigenvalue weighted by atomic mass is 35.5. The molecule has 0 spiro atoms. The molecule has 0 unspecified atom stereocenters. The molecule has 1 saturated carbocycles. The molecule has 8 nitrogen and oxygen atoms in total. The second-order valence-electron chi connectivity index (χ2n) is 8.21. The van der Waals surface area contributed by atoms with Crippen molar-refractivity contribution in [3.63, 3.8) is 0 Å². The van der Waals surface area contributed by atoms with Crippen molar-refractivity contribution in [2.45, 2.75) is 50.3 Å². The number of aliphatic hydroxyl groups excluding tert-OH is 1. The zero-order valence-electron chi connectivity index (χ0n) is 16.7. The fourth-order valence-electron chi connectivity index (χ4n) is 3.92. The molecule has 1 aliphatic heterocycles. The number of benzene rings is 1. The van der Waals surface area contributed by atoms with E-state index >= 15 is 0 Å². The van der Waals surface area contributed by atoms with E-state index in [0.717, 1.165) is 0 Å². The van der Waals surface area contributed by atoms with Crippen LogP contribution in [0.1, 0.15) is 48.8 Å². The van der Waals surface area contributed by atoms with Crippen LogP contribution in [0.25, 0.3) is 0 Å². The Balaban J connectivity index is 1.46. The van der Waals surface area contributed by atoms with Gasteiger partial charge in [0.25, 0.3) is 5.91 Å². The van der Waals surface area contributed by atoms with Crippen molar-refractivity contribution in [2.75, 3.05) is 13.1 Å². The van der Waals surface area contributed by atoms with Gasteiger partial charge in [-0.1, -0.05) is 34.5 Å². The van der Waals surface area contributed by atoms with Crippen molar-refractivity contribution in [1.82, 2.24) is 25.2 Å². The van der Waals surface area contributed by atoms with Crippen LogP contribution in [0.15, 0.2) is 24.4 Å². The Bertz CT molecular complexity index is 968. The zero-order valence-corrected chi connectivity index (χ0v) is 18.2. The van der Waals surface area contributed by atoms with E-state index in [1.807, 2.05) is 13.8 Å². The second-order valence-corrected chi connectivity index (χ2v) is 9.03. The number of hydrogen-bond donors (Lipinski definition) is 2. The molecule has 1 aromatic carbocycles. The minimum absolute atomic E-state index is 0.0793. The molecule has 160 valence electrons. The highest BCUT2D eigenvalue weighted by Crippen LogP contribution is 2.54. The van der Waals surface area contributed by atoms with E-state index in [1.54, 1.807) is 34.0 Å². The lowest BCUT2D eigenvalue weighted by atomic mass is 9.94. The molecule has 2 atom stereocenters. The SMILES string of the molecule is CC(C)n1cc(C(=O)N[C@@H]2CN(C(=O)C3(c4c(Cl)cccc4Cl)CC3)C[C@H]2O)nn1. The highest BCUT2D eigenvalue weighted by molar-refractivity contribution is 6.36. The zero-order chi connectivity index (χ0) is 21.6. The summed E-state index contributed by atoms with van der Waals surface area (Å²) >= 11 is 12.7. The monoisotopic (exact) mass is 451 g/mol. The van der Waals surface area contributed by atoms with E-state index in [-0.39, 0.29) is 30.7 Å². The van der Waals surface area contributed by atoms with Gasteiger partial charge >= 0.3 is 0 Å². The van der Waals surface area contributed by atoms with Gasteiger partial charge in [-0.25, -0.2) is 4.68 Å².